The molecular formula is C26H30N2O5. The van der Waals surface area contributed by atoms with Gasteiger partial charge in [-0.1, -0.05) is 48.5 Å². The number of hydrogen-bond donors (Lipinski definition) is 3. The number of amides is 2. The minimum atomic E-state index is -0.861. The van der Waals surface area contributed by atoms with Crippen molar-refractivity contribution < 1.29 is 24.2 Å². The van der Waals surface area contributed by atoms with Crippen molar-refractivity contribution in [3.8, 4) is 11.1 Å². The minimum Gasteiger partial charge on any atom is -0.481 e. The molecule has 0 unspecified atom stereocenters. The molecule has 174 valence electrons. The van der Waals surface area contributed by atoms with Crippen molar-refractivity contribution in [2.24, 2.45) is 5.41 Å². The van der Waals surface area contributed by atoms with Crippen LogP contribution in [0.4, 0.5) is 4.79 Å². The zero-order valence-electron chi connectivity index (χ0n) is 19.0. The van der Waals surface area contributed by atoms with Crippen molar-refractivity contribution in [2.75, 3.05) is 13.2 Å². The van der Waals surface area contributed by atoms with E-state index in [4.69, 9.17) is 4.74 Å². The van der Waals surface area contributed by atoms with Crippen LogP contribution in [0.2, 0.25) is 0 Å². The molecule has 33 heavy (non-hydrogen) atoms. The van der Waals surface area contributed by atoms with Crippen LogP contribution in [0.3, 0.4) is 0 Å². The third kappa shape index (κ3) is 5.02. The van der Waals surface area contributed by atoms with Crippen molar-refractivity contribution in [2.45, 2.75) is 51.0 Å². The van der Waals surface area contributed by atoms with Crippen LogP contribution in [0.15, 0.2) is 48.5 Å². The number of nitrogens with one attached hydrogen (secondary N) is 2. The van der Waals surface area contributed by atoms with Gasteiger partial charge in [0, 0.05) is 24.4 Å². The van der Waals surface area contributed by atoms with E-state index in [1.807, 2.05) is 38.1 Å². The molecule has 4 rings (SSSR count). The van der Waals surface area contributed by atoms with E-state index in [2.05, 4.69) is 34.9 Å². The molecule has 1 saturated carbocycles. The molecule has 7 nitrogen and oxygen atoms in total. The van der Waals surface area contributed by atoms with Gasteiger partial charge in [-0.2, -0.15) is 0 Å². The van der Waals surface area contributed by atoms with E-state index >= 15 is 0 Å². The van der Waals surface area contributed by atoms with Gasteiger partial charge in [0.1, 0.15) is 6.61 Å². The number of fused-ring (bicyclic) bond motifs is 3. The first kappa shape index (κ1) is 22.8. The molecule has 7 heteroatoms. The quantitative estimate of drug-likeness (QED) is 0.534. The van der Waals surface area contributed by atoms with Crippen molar-refractivity contribution in [3.05, 3.63) is 59.7 Å². The summed E-state index contributed by atoms with van der Waals surface area (Å²) in [6.45, 7) is 4.05. The van der Waals surface area contributed by atoms with E-state index in [0.717, 1.165) is 11.1 Å². The lowest BCUT2D eigenvalue weighted by atomic mass is 9.98. The number of aliphatic carboxylic acids is 1. The minimum absolute atomic E-state index is 0.0129. The molecule has 2 aromatic rings. The summed E-state index contributed by atoms with van der Waals surface area (Å²) < 4.78 is 5.59. The van der Waals surface area contributed by atoms with Gasteiger partial charge in [0.25, 0.3) is 0 Å². The Balaban J connectivity index is 1.26. The number of carbonyl (C=O) groups excluding carboxylic acids is 2. The Hall–Kier alpha value is -3.35. The summed E-state index contributed by atoms with van der Waals surface area (Å²) in [5.41, 5.74) is 3.21. The zero-order valence-corrected chi connectivity index (χ0v) is 19.0. The van der Waals surface area contributed by atoms with Crippen molar-refractivity contribution >= 4 is 18.0 Å². The number of carboxylic acids is 1. The Kier molecular flexibility index (Phi) is 6.15. The summed E-state index contributed by atoms with van der Waals surface area (Å²) in [7, 11) is 0. The number of benzene rings is 2. The summed E-state index contributed by atoms with van der Waals surface area (Å²) in [5, 5.41) is 14.8. The largest absolute Gasteiger partial charge is 0.481 e. The highest BCUT2D eigenvalue weighted by atomic mass is 16.5. The molecule has 3 N–H and O–H groups in total. The summed E-state index contributed by atoms with van der Waals surface area (Å²) in [6, 6.07) is 16.3. The lowest BCUT2D eigenvalue weighted by Gasteiger charge is -2.26. The SMILES string of the molecule is CC(C)(CCC(=O)NCC1(C(=O)O)CC1)NC(=O)OCC1c2ccccc2-c2ccccc21. The van der Waals surface area contributed by atoms with Crippen LogP contribution in [0, 0.1) is 5.41 Å². The van der Waals surface area contributed by atoms with Crippen molar-refractivity contribution in [1.29, 1.82) is 0 Å². The lowest BCUT2D eigenvalue weighted by Crippen LogP contribution is -2.45. The smallest absolute Gasteiger partial charge is 0.407 e. The van der Waals surface area contributed by atoms with Gasteiger partial charge in [0.05, 0.1) is 5.41 Å². The second-order valence-corrected chi connectivity index (χ2v) is 9.70. The molecule has 0 aromatic heterocycles. The lowest BCUT2D eigenvalue weighted by molar-refractivity contribution is -0.143. The third-order valence-electron chi connectivity index (χ3n) is 6.69. The predicted octanol–water partition coefficient (Wildman–Crippen LogP) is 4.06. The van der Waals surface area contributed by atoms with E-state index in [9.17, 15) is 19.5 Å². The maximum Gasteiger partial charge on any atom is 0.407 e. The van der Waals surface area contributed by atoms with Gasteiger partial charge in [0.15, 0.2) is 0 Å². The molecule has 2 aliphatic rings. The molecule has 0 heterocycles. The Labute approximate surface area is 193 Å². The number of ether oxygens (including phenoxy) is 1. The van der Waals surface area contributed by atoms with Gasteiger partial charge in [-0.3, -0.25) is 9.59 Å². The molecule has 2 aliphatic carbocycles. The maximum atomic E-state index is 12.5. The summed E-state index contributed by atoms with van der Waals surface area (Å²) in [5.74, 6) is -1.09. The van der Waals surface area contributed by atoms with Crippen molar-refractivity contribution in [3.63, 3.8) is 0 Å². The molecule has 0 saturated heterocycles. The third-order valence-corrected chi connectivity index (χ3v) is 6.69. The first-order chi connectivity index (χ1) is 15.7. The van der Waals surface area contributed by atoms with Gasteiger partial charge < -0.3 is 20.5 Å². The monoisotopic (exact) mass is 450 g/mol. The second kappa shape index (κ2) is 8.89. The van der Waals surface area contributed by atoms with Gasteiger partial charge in [0.2, 0.25) is 5.91 Å². The first-order valence-corrected chi connectivity index (χ1v) is 11.3. The topological polar surface area (TPSA) is 105 Å². The summed E-state index contributed by atoms with van der Waals surface area (Å²) in [6.07, 6.45) is 1.26. The van der Waals surface area contributed by atoms with E-state index in [0.29, 0.717) is 19.3 Å². The number of carbonyl (C=O) groups is 3. The van der Waals surface area contributed by atoms with E-state index in [1.165, 1.54) is 11.1 Å². The summed E-state index contributed by atoms with van der Waals surface area (Å²) in [4.78, 5) is 35.9. The first-order valence-electron chi connectivity index (χ1n) is 11.3. The maximum absolute atomic E-state index is 12.5. The number of hydrogen-bond acceptors (Lipinski definition) is 4. The highest BCUT2D eigenvalue weighted by molar-refractivity contribution is 5.81. The summed E-state index contributed by atoms with van der Waals surface area (Å²) >= 11 is 0. The second-order valence-electron chi connectivity index (χ2n) is 9.70. The van der Waals surface area contributed by atoms with Crippen LogP contribution < -0.4 is 10.6 Å². The molecule has 2 aromatic carbocycles. The fourth-order valence-electron chi connectivity index (χ4n) is 4.37. The Bertz CT molecular complexity index is 1030. The Morgan fingerprint density at radius 2 is 1.61 bits per heavy atom. The van der Waals surface area contributed by atoms with Crippen LogP contribution in [-0.4, -0.2) is 41.8 Å². The van der Waals surface area contributed by atoms with Crippen LogP contribution >= 0.6 is 0 Å². The molecule has 0 aliphatic heterocycles. The number of alkyl carbamates (subject to hydrolysis) is 1. The van der Waals surface area contributed by atoms with Crippen LogP contribution in [-0.2, 0) is 14.3 Å². The standard InChI is InChI=1S/C26H30N2O5/c1-25(2,12-11-22(29)27-16-26(13-14-26)23(30)31)28-24(32)33-15-21-19-9-5-3-7-17(19)18-8-4-6-10-20(18)21/h3-10,21H,11-16H2,1-2H3,(H,27,29)(H,28,32)(H,30,31). The molecule has 0 atom stereocenters. The average molecular weight is 451 g/mol. The fourth-order valence-corrected chi connectivity index (χ4v) is 4.37. The van der Waals surface area contributed by atoms with Crippen molar-refractivity contribution in [1.82, 2.24) is 10.6 Å². The van der Waals surface area contributed by atoms with E-state index in [1.54, 1.807) is 0 Å². The van der Waals surface area contributed by atoms with Gasteiger partial charge in [-0.25, -0.2) is 4.79 Å². The molecule has 1 fully saturated rings. The van der Waals surface area contributed by atoms with Crippen LogP contribution in [0.5, 0.6) is 0 Å². The van der Waals surface area contributed by atoms with Gasteiger partial charge in [-0.05, 0) is 55.4 Å². The van der Waals surface area contributed by atoms with E-state index < -0.39 is 23.0 Å². The molecular weight excluding hydrogens is 420 g/mol. The fraction of sp³-hybridized carbons (Fsp3) is 0.423. The predicted molar refractivity (Wildman–Crippen MR) is 124 cm³/mol. The molecule has 0 bridgehead atoms. The zero-order chi connectivity index (χ0) is 23.6. The number of carboxylic acid groups (broad SMARTS) is 1. The normalized spacial score (nSPS) is 15.8. The number of rotatable bonds is 9. The van der Waals surface area contributed by atoms with Crippen LogP contribution in [0.25, 0.3) is 11.1 Å². The molecule has 0 radical (unpaired) electrons. The molecule has 0 spiro atoms. The molecule has 2 amide bonds. The average Bonchev–Trinajstić information content (AvgIpc) is 3.52. The highest BCUT2D eigenvalue weighted by Gasteiger charge is 2.50. The highest BCUT2D eigenvalue weighted by Crippen LogP contribution is 2.45. The van der Waals surface area contributed by atoms with Gasteiger partial charge in [-0.15, -0.1) is 0 Å². The van der Waals surface area contributed by atoms with Gasteiger partial charge >= 0.3 is 12.1 Å². The van der Waals surface area contributed by atoms with E-state index in [-0.39, 0.29) is 31.4 Å². The Morgan fingerprint density at radius 1 is 1.03 bits per heavy atom. The Morgan fingerprint density at radius 3 is 2.15 bits per heavy atom. The van der Waals surface area contributed by atoms with Crippen LogP contribution in [0.1, 0.15) is 56.6 Å².